The molecule has 24 heavy (non-hydrogen) atoms. The lowest BCUT2D eigenvalue weighted by Gasteiger charge is -2.57. The van der Waals surface area contributed by atoms with Gasteiger partial charge in [0.05, 0.1) is 18.1 Å². The summed E-state index contributed by atoms with van der Waals surface area (Å²) in [5, 5.41) is 31.3. The molecule has 4 nitrogen and oxygen atoms in total. The fourth-order valence-electron chi connectivity index (χ4n) is 7.57. The first-order chi connectivity index (χ1) is 11.3. The lowest BCUT2D eigenvalue weighted by atomic mass is 9.43. The third kappa shape index (κ3) is 1.32. The second-order valence-electron chi connectivity index (χ2n) is 9.07. The van der Waals surface area contributed by atoms with Crippen LogP contribution in [0.15, 0.2) is 11.6 Å². The van der Waals surface area contributed by atoms with Crippen LogP contribution >= 0.6 is 0 Å². The predicted molar refractivity (Wildman–Crippen MR) is 88.7 cm³/mol. The number of hydrogen-bond acceptors (Lipinski definition) is 3. The van der Waals surface area contributed by atoms with E-state index in [9.17, 15) is 20.3 Å². The van der Waals surface area contributed by atoms with E-state index >= 15 is 0 Å². The summed E-state index contributed by atoms with van der Waals surface area (Å²) in [6, 6.07) is 2.57. The van der Waals surface area contributed by atoms with Crippen molar-refractivity contribution in [1.82, 2.24) is 0 Å². The average Bonchev–Trinajstić information content (AvgIpc) is 3.11. The van der Waals surface area contributed by atoms with Gasteiger partial charge in [0.25, 0.3) is 0 Å². The molecular formula is C20H27NO3. The highest BCUT2D eigenvalue weighted by Crippen LogP contribution is 2.82. The maximum absolute atomic E-state index is 12.8. The van der Waals surface area contributed by atoms with E-state index in [0.29, 0.717) is 18.3 Å². The number of aliphatic hydroxyl groups is 1. The molecule has 4 aliphatic carbocycles. The summed E-state index contributed by atoms with van der Waals surface area (Å²) in [7, 11) is 0. The summed E-state index contributed by atoms with van der Waals surface area (Å²) in [6.45, 7) is 6.16. The van der Waals surface area contributed by atoms with E-state index in [1.54, 1.807) is 0 Å². The van der Waals surface area contributed by atoms with Crippen molar-refractivity contribution in [2.45, 2.75) is 46.5 Å². The number of allylic oxidation sites excluding steroid dienone is 1. The Hall–Kier alpha value is -1.34. The minimum atomic E-state index is -1.20. The molecule has 3 saturated carbocycles. The SMILES string of the molecule is CC(C)C1=C[C@H]2C[C@]3(C#N)C4CCC(C)C4C[C@@]2(CO)[C@]13C(=O)O. The van der Waals surface area contributed by atoms with Gasteiger partial charge in [0.1, 0.15) is 5.41 Å². The molecule has 3 fully saturated rings. The van der Waals surface area contributed by atoms with Gasteiger partial charge in [-0.1, -0.05) is 38.8 Å². The predicted octanol–water partition coefficient (Wildman–Crippen LogP) is 3.23. The first-order valence-electron chi connectivity index (χ1n) is 9.30. The highest BCUT2D eigenvalue weighted by atomic mass is 16.4. The van der Waals surface area contributed by atoms with Crippen molar-refractivity contribution >= 4 is 5.97 Å². The van der Waals surface area contributed by atoms with E-state index in [1.807, 2.05) is 13.8 Å². The molecule has 0 saturated heterocycles. The standard InChI is InChI=1S/C20H27NO3/c1-11(2)16-6-13-7-18(9-21)15-5-4-12(3)14(15)8-19(13,10-22)20(16,18)17(23)24/h6,11-15,22H,4-5,7-8,10H2,1-3H3,(H,23,24)/t12?,13-,14?,15?,18-,19-,20-/m0/s1. The second kappa shape index (κ2) is 4.64. The van der Waals surface area contributed by atoms with Gasteiger partial charge >= 0.3 is 5.97 Å². The lowest BCUT2D eigenvalue weighted by Crippen LogP contribution is -2.62. The van der Waals surface area contributed by atoms with Crippen LogP contribution in [0.3, 0.4) is 0 Å². The number of rotatable bonds is 3. The number of fused-ring (bicyclic) bond motifs is 2. The van der Waals surface area contributed by atoms with Crippen molar-refractivity contribution in [1.29, 1.82) is 5.26 Å². The van der Waals surface area contributed by atoms with E-state index in [1.165, 1.54) is 0 Å². The number of aliphatic hydroxyl groups excluding tert-OH is 1. The Kier molecular flexibility index (Phi) is 3.12. The molecule has 0 radical (unpaired) electrons. The molecule has 0 aromatic heterocycles. The Labute approximate surface area is 143 Å². The van der Waals surface area contributed by atoms with Crippen molar-refractivity contribution in [3.8, 4) is 6.07 Å². The third-order valence-corrected chi connectivity index (χ3v) is 8.32. The Morgan fingerprint density at radius 1 is 1.42 bits per heavy atom. The van der Waals surface area contributed by atoms with Gasteiger partial charge in [-0.3, -0.25) is 4.79 Å². The number of carboxylic acids is 1. The Balaban J connectivity index is 2.04. The zero-order valence-electron chi connectivity index (χ0n) is 14.7. The van der Waals surface area contributed by atoms with Gasteiger partial charge in [0, 0.05) is 5.41 Å². The summed E-state index contributed by atoms with van der Waals surface area (Å²) in [4.78, 5) is 12.8. The monoisotopic (exact) mass is 329 g/mol. The van der Waals surface area contributed by atoms with Crippen LogP contribution < -0.4 is 0 Å². The molecule has 0 amide bonds. The van der Waals surface area contributed by atoms with Gasteiger partial charge < -0.3 is 10.2 Å². The van der Waals surface area contributed by atoms with Crippen molar-refractivity contribution in [3.63, 3.8) is 0 Å². The van der Waals surface area contributed by atoms with E-state index in [2.05, 4.69) is 19.1 Å². The van der Waals surface area contributed by atoms with Crippen LogP contribution in [-0.4, -0.2) is 22.8 Å². The fraction of sp³-hybridized carbons (Fsp3) is 0.800. The molecule has 130 valence electrons. The van der Waals surface area contributed by atoms with Gasteiger partial charge in [0.2, 0.25) is 0 Å². The largest absolute Gasteiger partial charge is 0.481 e. The molecule has 0 aromatic rings. The number of carbonyl (C=O) groups is 1. The average molecular weight is 329 g/mol. The number of aliphatic carboxylic acids is 1. The summed E-state index contributed by atoms with van der Waals surface area (Å²) in [5.74, 6) is 0.264. The van der Waals surface area contributed by atoms with Gasteiger partial charge in [-0.2, -0.15) is 5.26 Å². The highest BCUT2D eigenvalue weighted by molar-refractivity contribution is 5.85. The quantitative estimate of drug-likeness (QED) is 0.779. The van der Waals surface area contributed by atoms with Crippen LogP contribution in [0.25, 0.3) is 0 Å². The topological polar surface area (TPSA) is 81.3 Å². The van der Waals surface area contributed by atoms with E-state index in [4.69, 9.17) is 0 Å². The molecule has 0 aromatic carbocycles. The molecule has 4 aliphatic rings. The van der Waals surface area contributed by atoms with Crippen molar-refractivity contribution in [3.05, 3.63) is 11.6 Å². The molecule has 0 aliphatic heterocycles. The molecule has 7 atom stereocenters. The Bertz CT molecular complexity index is 677. The minimum absolute atomic E-state index is 0.0217. The first kappa shape index (κ1) is 16.1. The molecule has 2 N–H and O–H groups in total. The fourth-order valence-corrected chi connectivity index (χ4v) is 7.57. The molecule has 4 heteroatoms. The zero-order chi connectivity index (χ0) is 17.5. The Morgan fingerprint density at radius 3 is 2.67 bits per heavy atom. The molecule has 3 unspecified atom stereocenters. The van der Waals surface area contributed by atoms with Gasteiger partial charge in [-0.15, -0.1) is 0 Å². The van der Waals surface area contributed by atoms with Crippen molar-refractivity contribution in [2.24, 2.45) is 45.8 Å². The summed E-state index contributed by atoms with van der Waals surface area (Å²) >= 11 is 0. The van der Waals surface area contributed by atoms with Crippen LogP contribution in [-0.2, 0) is 4.79 Å². The number of hydrogen-bond donors (Lipinski definition) is 2. The molecule has 0 heterocycles. The normalized spacial score (nSPS) is 51.4. The van der Waals surface area contributed by atoms with Crippen molar-refractivity contribution < 1.29 is 15.0 Å². The van der Waals surface area contributed by atoms with Crippen LogP contribution in [0.1, 0.15) is 46.5 Å². The molecule has 4 rings (SSSR count). The first-order valence-corrected chi connectivity index (χ1v) is 9.30. The number of nitriles is 1. The van der Waals surface area contributed by atoms with Gasteiger partial charge in [-0.25, -0.2) is 0 Å². The van der Waals surface area contributed by atoms with E-state index in [0.717, 1.165) is 24.8 Å². The van der Waals surface area contributed by atoms with E-state index in [-0.39, 0.29) is 24.4 Å². The zero-order valence-corrected chi connectivity index (χ0v) is 14.7. The van der Waals surface area contributed by atoms with E-state index < -0.39 is 22.2 Å². The van der Waals surface area contributed by atoms with Crippen LogP contribution in [0.5, 0.6) is 0 Å². The Morgan fingerprint density at radius 2 is 2.12 bits per heavy atom. The number of carboxylic acid groups (broad SMARTS) is 1. The maximum Gasteiger partial charge on any atom is 0.316 e. The third-order valence-electron chi connectivity index (χ3n) is 8.32. The molecule has 4 bridgehead atoms. The second-order valence-corrected chi connectivity index (χ2v) is 9.07. The van der Waals surface area contributed by atoms with Crippen LogP contribution in [0.4, 0.5) is 0 Å². The van der Waals surface area contributed by atoms with Crippen LogP contribution in [0, 0.1) is 57.2 Å². The minimum Gasteiger partial charge on any atom is -0.481 e. The van der Waals surface area contributed by atoms with Gasteiger partial charge in [-0.05, 0) is 48.9 Å². The lowest BCUT2D eigenvalue weighted by molar-refractivity contribution is -0.176. The smallest absolute Gasteiger partial charge is 0.316 e. The van der Waals surface area contributed by atoms with Crippen molar-refractivity contribution in [2.75, 3.05) is 6.61 Å². The summed E-state index contributed by atoms with van der Waals surface area (Å²) in [5.41, 5.74) is -1.84. The maximum atomic E-state index is 12.8. The number of nitrogens with zero attached hydrogens (tertiary/aromatic N) is 1. The highest BCUT2D eigenvalue weighted by Gasteiger charge is 2.84. The molecule has 0 spiro atoms. The summed E-state index contributed by atoms with van der Waals surface area (Å²) < 4.78 is 0. The molecular weight excluding hydrogens is 302 g/mol. The van der Waals surface area contributed by atoms with Crippen LogP contribution in [0.2, 0.25) is 0 Å². The summed E-state index contributed by atoms with van der Waals surface area (Å²) in [6.07, 6.45) is 5.51. The van der Waals surface area contributed by atoms with Gasteiger partial charge in [0.15, 0.2) is 0 Å².